The second kappa shape index (κ2) is 13.3. The fourth-order valence-corrected chi connectivity index (χ4v) is 11.5. The minimum atomic E-state index is -3.17. The molecule has 0 aliphatic heterocycles. The first-order valence-electron chi connectivity index (χ1n) is 15.3. The quantitative estimate of drug-likeness (QED) is 0.130. The molecule has 4 nitrogen and oxygen atoms in total. The van der Waals surface area contributed by atoms with Gasteiger partial charge in [-0.1, -0.05) is 97.4 Å². The fraction of sp³-hybridized carbons (Fsp3) is 0.324. The Bertz CT molecular complexity index is 1710. The summed E-state index contributed by atoms with van der Waals surface area (Å²) in [6, 6.07) is 29.5. The van der Waals surface area contributed by atoms with Crippen molar-refractivity contribution in [1.82, 2.24) is 9.55 Å². The molecular weight excluding hydrogens is 650 g/mol. The van der Waals surface area contributed by atoms with Gasteiger partial charge in [-0.15, -0.1) is 0 Å². The first-order chi connectivity index (χ1) is 21.4. The second-order valence-electron chi connectivity index (χ2n) is 12.5. The number of halogens is 3. The molecule has 0 amide bonds. The van der Waals surface area contributed by atoms with E-state index in [4.69, 9.17) is 9.16 Å². The molecule has 236 valence electrons. The first-order valence-corrected chi connectivity index (χ1v) is 18.0. The van der Waals surface area contributed by atoms with Crippen LogP contribution < -0.4 is 10.4 Å². The topological polar surface area (TPSA) is 36.3 Å². The Morgan fingerprint density at radius 3 is 2.09 bits per heavy atom. The number of nitrogens with zero attached hydrogens (tertiary/aromatic N) is 2. The van der Waals surface area contributed by atoms with Crippen LogP contribution in [0.2, 0.25) is 5.04 Å². The zero-order valence-electron chi connectivity index (χ0n) is 26.8. The molecule has 0 N–H and O–H groups in total. The van der Waals surface area contributed by atoms with Crippen LogP contribution >= 0.6 is 15.9 Å². The number of fused-ring (bicyclic) bond motifs is 1. The lowest BCUT2D eigenvalue weighted by Gasteiger charge is -2.43. The van der Waals surface area contributed by atoms with Gasteiger partial charge in [0.25, 0.3) is 14.2 Å². The number of methoxy groups -OCH3 is 1. The molecule has 5 aromatic rings. The molecule has 2 heterocycles. The highest BCUT2D eigenvalue weighted by molar-refractivity contribution is 9.10. The maximum absolute atomic E-state index is 16.7. The average Bonchev–Trinajstić information content (AvgIpc) is 3.32. The molecule has 5 rings (SSSR count). The number of aryl methyl sites for hydroxylation is 1. The van der Waals surface area contributed by atoms with Crippen molar-refractivity contribution in [3.63, 3.8) is 0 Å². The van der Waals surface area contributed by atoms with E-state index < -0.39 is 32.3 Å². The van der Waals surface area contributed by atoms with Crippen LogP contribution in [0.1, 0.15) is 52.0 Å². The number of hydrogen-bond donors (Lipinski definition) is 0. The second-order valence-corrected chi connectivity index (χ2v) is 17.8. The number of hydrogen-bond acceptors (Lipinski definition) is 3. The molecular formula is C37H41BrF2N2O2Si. The maximum atomic E-state index is 16.7. The lowest BCUT2D eigenvalue weighted by molar-refractivity contribution is -0.0427. The molecule has 8 heteroatoms. The zero-order chi connectivity index (χ0) is 32.4. The summed E-state index contributed by atoms with van der Waals surface area (Å²) < 4.78 is 48.7. The summed E-state index contributed by atoms with van der Waals surface area (Å²) in [5.41, 5.74) is 3.71. The van der Waals surface area contributed by atoms with Gasteiger partial charge in [-0.2, -0.15) is 0 Å². The highest BCUT2D eigenvalue weighted by Gasteiger charge is 2.52. The molecule has 0 saturated heterocycles. The van der Waals surface area contributed by atoms with Crippen LogP contribution in [-0.4, -0.2) is 37.5 Å². The summed E-state index contributed by atoms with van der Waals surface area (Å²) in [4.78, 5) is 4.64. The summed E-state index contributed by atoms with van der Waals surface area (Å²) >= 11 is 3.59. The van der Waals surface area contributed by atoms with Gasteiger partial charge >= 0.3 is 0 Å². The Kier molecular flexibility index (Phi) is 9.80. The number of aromatic nitrogens is 2. The number of benzene rings is 3. The third-order valence-electron chi connectivity index (χ3n) is 8.63. The minimum absolute atomic E-state index is 0.317. The van der Waals surface area contributed by atoms with Crippen molar-refractivity contribution >= 4 is 45.5 Å². The van der Waals surface area contributed by atoms with Gasteiger partial charge < -0.3 is 13.7 Å². The van der Waals surface area contributed by atoms with E-state index in [1.807, 2.05) is 105 Å². The standard InChI is InChI=1S/C37H41BrF2N2O2Si/c1-7-42-33-21-20-27(38)23-31(33)32(35(42)30-19-14-22-41-34(30)26(2)43-6)24-37(39,40)25-44-45(36(3,4)5,28-15-10-8-11-16-28)29-17-12-9-13-18-29/h8-23,26H,7,24-25H2,1-6H3. The van der Waals surface area contributed by atoms with E-state index >= 15 is 8.78 Å². The first kappa shape index (κ1) is 33.2. The fourth-order valence-electron chi connectivity index (χ4n) is 6.55. The summed E-state index contributed by atoms with van der Waals surface area (Å²) in [6.45, 7) is 10.2. The molecule has 2 aromatic heterocycles. The number of rotatable bonds is 11. The third kappa shape index (κ3) is 6.43. The summed E-state index contributed by atoms with van der Waals surface area (Å²) in [6.07, 6.45) is 0.912. The molecule has 1 unspecified atom stereocenters. The lowest BCUT2D eigenvalue weighted by Crippen LogP contribution is -2.67. The Labute approximate surface area is 274 Å². The van der Waals surface area contributed by atoms with Crippen LogP contribution in [0.3, 0.4) is 0 Å². The molecule has 0 spiro atoms. The zero-order valence-corrected chi connectivity index (χ0v) is 29.4. The van der Waals surface area contributed by atoms with Crippen molar-refractivity contribution in [3.8, 4) is 11.3 Å². The molecule has 0 aliphatic rings. The summed E-state index contributed by atoms with van der Waals surface area (Å²) in [5.74, 6) is -3.17. The van der Waals surface area contributed by atoms with Gasteiger partial charge in [-0.05, 0) is 65.2 Å². The Hall–Kier alpha value is -3.17. The minimum Gasteiger partial charge on any atom is -0.401 e. The van der Waals surface area contributed by atoms with Gasteiger partial charge in [0.15, 0.2) is 0 Å². The van der Waals surface area contributed by atoms with Crippen LogP contribution in [-0.2, 0) is 22.1 Å². The van der Waals surface area contributed by atoms with E-state index in [1.165, 1.54) is 0 Å². The van der Waals surface area contributed by atoms with Crippen molar-refractivity contribution in [1.29, 1.82) is 0 Å². The van der Waals surface area contributed by atoms with Crippen molar-refractivity contribution in [2.75, 3.05) is 13.7 Å². The normalized spacial score (nSPS) is 13.4. The molecule has 3 aromatic carbocycles. The van der Waals surface area contributed by atoms with Crippen molar-refractivity contribution in [2.24, 2.45) is 0 Å². The third-order valence-corrected chi connectivity index (χ3v) is 14.1. The monoisotopic (exact) mass is 690 g/mol. The molecule has 0 bridgehead atoms. The van der Waals surface area contributed by atoms with E-state index in [2.05, 4.69) is 46.3 Å². The van der Waals surface area contributed by atoms with Gasteiger partial charge in [0.1, 0.15) is 0 Å². The maximum Gasteiger partial charge on any atom is 0.273 e. The van der Waals surface area contributed by atoms with E-state index in [0.29, 0.717) is 17.8 Å². The van der Waals surface area contributed by atoms with Gasteiger partial charge in [-0.25, -0.2) is 8.78 Å². The van der Waals surface area contributed by atoms with E-state index in [-0.39, 0.29) is 6.10 Å². The van der Waals surface area contributed by atoms with Crippen molar-refractivity contribution < 1.29 is 17.9 Å². The smallest absolute Gasteiger partial charge is 0.273 e. The van der Waals surface area contributed by atoms with Gasteiger partial charge in [0, 0.05) is 47.2 Å². The van der Waals surface area contributed by atoms with Gasteiger partial charge in [0.2, 0.25) is 0 Å². The summed E-state index contributed by atoms with van der Waals surface area (Å²) in [7, 11) is -1.53. The Morgan fingerprint density at radius 2 is 1.53 bits per heavy atom. The molecule has 1 atom stereocenters. The predicted octanol–water partition coefficient (Wildman–Crippen LogP) is 8.95. The molecule has 0 saturated carbocycles. The van der Waals surface area contributed by atoms with Crippen molar-refractivity contribution in [3.05, 3.63) is 113 Å². The number of ether oxygens (including phenoxy) is 1. The average molecular weight is 692 g/mol. The largest absolute Gasteiger partial charge is 0.401 e. The van der Waals surface area contributed by atoms with Gasteiger partial charge in [-0.3, -0.25) is 4.98 Å². The SMILES string of the molecule is CCn1c(-c2cccnc2C(C)OC)c(CC(F)(F)CO[Si](c2ccccc2)(c2ccccc2)C(C)(C)C)c2cc(Br)ccc21. The van der Waals surface area contributed by atoms with Crippen LogP contribution in [0.15, 0.2) is 102 Å². The van der Waals surface area contributed by atoms with Crippen LogP contribution in [0.4, 0.5) is 8.78 Å². The lowest BCUT2D eigenvalue weighted by atomic mass is 9.97. The Morgan fingerprint density at radius 1 is 0.911 bits per heavy atom. The molecule has 45 heavy (non-hydrogen) atoms. The molecule has 0 fully saturated rings. The number of alkyl halides is 2. The van der Waals surface area contributed by atoms with E-state index in [9.17, 15) is 0 Å². The predicted molar refractivity (Wildman–Crippen MR) is 186 cm³/mol. The van der Waals surface area contributed by atoms with Crippen LogP contribution in [0.25, 0.3) is 22.2 Å². The van der Waals surface area contributed by atoms with E-state index in [1.54, 1.807) is 13.3 Å². The van der Waals surface area contributed by atoms with Crippen LogP contribution in [0, 0.1) is 0 Å². The van der Waals surface area contributed by atoms with E-state index in [0.717, 1.165) is 37.0 Å². The Balaban J connectivity index is 1.64. The molecule has 0 radical (unpaired) electrons. The van der Waals surface area contributed by atoms with Crippen molar-refractivity contribution in [2.45, 2.75) is 64.6 Å². The summed E-state index contributed by atoms with van der Waals surface area (Å²) in [5, 5.41) is 2.31. The van der Waals surface area contributed by atoms with Gasteiger partial charge in [0.05, 0.1) is 24.1 Å². The molecule has 0 aliphatic carbocycles. The highest BCUT2D eigenvalue weighted by Crippen LogP contribution is 2.42. The van der Waals surface area contributed by atoms with Crippen LogP contribution in [0.5, 0.6) is 0 Å². The highest BCUT2D eigenvalue weighted by atomic mass is 79.9. The number of pyridine rings is 1.